The number of anilines is 3. The van der Waals surface area contributed by atoms with Gasteiger partial charge in [-0.15, -0.1) is 0 Å². The summed E-state index contributed by atoms with van der Waals surface area (Å²) in [5, 5.41) is 8.65. The molecular formula is C29H24FN5O2. The molecule has 0 unspecified atom stereocenters. The smallest absolute Gasteiger partial charge is 0.257 e. The molecule has 3 aromatic carbocycles. The standard InChI is InChI=1S/C29H24FN5O2/c30-19-10-11-26(25(31)15-19)35-29(37)18-9-12-27(34-17-18)32-13-14-33-28(36)16-24-22-7-3-1-5-20(22)21-6-2-4-8-23(21)24/h1-12,15-17H,13-14,31H2,(H,32,34)(H,33,36)(H,35,37). The van der Waals surface area contributed by atoms with Crippen LogP contribution in [0.15, 0.2) is 91.1 Å². The summed E-state index contributed by atoms with van der Waals surface area (Å²) in [5.74, 6) is -0.505. The van der Waals surface area contributed by atoms with Crippen molar-refractivity contribution in [3.63, 3.8) is 0 Å². The van der Waals surface area contributed by atoms with E-state index in [0.717, 1.165) is 33.9 Å². The van der Waals surface area contributed by atoms with Gasteiger partial charge in [0, 0.05) is 25.4 Å². The van der Waals surface area contributed by atoms with E-state index in [1.54, 1.807) is 18.2 Å². The van der Waals surface area contributed by atoms with Crippen molar-refractivity contribution in [1.29, 1.82) is 0 Å². The Morgan fingerprint density at radius 1 is 0.865 bits per heavy atom. The average molecular weight is 494 g/mol. The van der Waals surface area contributed by atoms with Crippen molar-refractivity contribution in [2.75, 3.05) is 29.5 Å². The number of carbonyl (C=O) groups is 2. The van der Waals surface area contributed by atoms with Gasteiger partial charge in [-0.2, -0.15) is 0 Å². The van der Waals surface area contributed by atoms with Gasteiger partial charge in [0.1, 0.15) is 11.6 Å². The van der Waals surface area contributed by atoms with Crippen molar-refractivity contribution in [1.82, 2.24) is 10.3 Å². The molecule has 0 fully saturated rings. The van der Waals surface area contributed by atoms with Gasteiger partial charge in [0.25, 0.3) is 5.91 Å². The van der Waals surface area contributed by atoms with Crippen molar-refractivity contribution in [2.45, 2.75) is 0 Å². The quantitative estimate of drug-likeness (QED) is 0.149. The molecule has 1 aliphatic carbocycles. The summed E-state index contributed by atoms with van der Waals surface area (Å²) < 4.78 is 13.2. The lowest BCUT2D eigenvalue weighted by Gasteiger charge is -2.09. The van der Waals surface area contributed by atoms with E-state index in [2.05, 4.69) is 33.1 Å². The predicted octanol–water partition coefficient (Wildman–Crippen LogP) is 4.70. The summed E-state index contributed by atoms with van der Waals surface area (Å²) >= 11 is 0. The minimum absolute atomic E-state index is 0.138. The van der Waals surface area contributed by atoms with Crippen molar-refractivity contribution >= 4 is 34.6 Å². The molecule has 4 aromatic rings. The molecule has 0 atom stereocenters. The van der Waals surface area contributed by atoms with Crippen molar-refractivity contribution in [2.24, 2.45) is 0 Å². The zero-order valence-corrected chi connectivity index (χ0v) is 19.8. The average Bonchev–Trinajstić information content (AvgIpc) is 3.22. The fourth-order valence-corrected chi connectivity index (χ4v) is 4.24. The molecule has 1 heterocycles. The number of benzene rings is 3. The van der Waals surface area contributed by atoms with Crippen LogP contribution in [0.4, 0.5) is 21.6 Å². The molecule has 0 saturated carbocycles. The number of rotatable bonds is 7. The topological polar surface area (TPSA) is 109 Å². The number of aromatic nitrogens is 1. The molecule has 5 rings (SSSR count). The molecule has 184 valence electrons. The Morgan fingerprint density at radius 2 is 1.54 bits per heavy atom. The van der Waals surface area contributed by atoms with E-state index >= 15 is 0 Å². The molecule has 0 aliphatic heterocycles. The Morgan fingerprint density at radius 3 is 2.16 bits per heavy atom. The van der Waals surface area contributed by atoms with Crippen LogP contribution in [0, 0.1) is 5.82 Å². The van der Waals surface area contributed by atoms with Gasteiger partial charge in [-0.3, -0.25) is 9.59 Å². The van der Waals surface area contributed by atoms with E-state index in [0.29, 0.717) is 30.2 Å². The van der Waals surface area contributed by atoms with Crippen LogP contribution in [0.3, 0.4) is 0 Å². The van der Waals surface area contributed by atoms with Crippen LogP contribution in [0.2, 0.25) is 0 Å². The lowest BCUT2D eigenvalue weighted by atomic mass is 10.0. The summed E-state index contributed by atoms with van der Waals surface area (Å²) in [7, 11) is 0. The van der Waals surface area contributed by atoms with E-state index in [4.69, 9.17) is 5.73 Å². The van der Waals surface area contributed by atoms with Crippen molar-refractivity contribution in [3.8, 4) is 11.1 Å². The maximum atomic E-state index is 13.2. The Kier molecular flexibility index (Phi) is 6.63. The highest BCUT2D eigenvalue weighted by Crippen LogP contribution is 2.43. The highest BCUT2D eigenvalue weighted by atomic mass is 19.1. The predicted molar refractivity (Wildman–Crippen MR) is 143 cm³/mol. The van der Waals surface area contributed by atoms with Gasteiger partial charge < -0.3 is 21.7 Å². The van der Waals surface area contributed by atoms with Crippen LogP contribution in [0.1, 0.15) is 21.5 Å². The van der Waals surface area contributed by atoms with E-state index in [-0.39, 0.29) is 11.6 Å². The van der Waals surface area contributed by atoms with Crippen LogP contribution in [-0.4, -0.2) is 29.9 Å². The lowest BCUT2D eigenvalue weighted by molar-refractivity contribution is -0.116. The molecule has 5 N–H and O–H groups in total. The molecule has 37 heavy (non-hydrogen) atoms. The third-order valence-electron chi connectivity index (χ3n) is 6.02. The SMILES string of the molecule is Nc1cc(F)ccc1NC(=O)c1ccc(NCCNC(=O)C=C2c3ccccc3-c3ccccc32)nc1. The number of hydrogen-bond donors (Lipinski definition) is 4. The highest BCUT2D eigenvalue weighted by Gasteiger charge is 2.23. The molecule has 0 spiro atoms. The van der Waals surface area contributed by atoms with E-state index < -0.39 is 11.7 Å². The van der Waals surface area contributed by atoms with Crippen LogP contribution in [0.5, 0.6) is 0 Å². The summed E-state index contributed by atoms with van der Waals surface area (Å²) in [4.78, 5) is 29.3. The number of carbonyl (C=O) groups excluding carboxylic acids is 2. The summed E-state index contributed by atoms with van der Waals surface area (Å²) in [6.45, 7) is 0.840. The number of pyridine rings is 1. The first kappa shape index (κ1) is 23.7. The number of nitrogens with zero attached hydrogens (tertiary/aromatic N) is 1. The summed E-state index contributed by atoms with van der Waals surface area (Å²) in [6, 6.07) is 23.2. The first-order chi connectivity index (χ1) is 18.0. The zero-order valence-electron chi connectivity index (χ0n) is 19.8. The van der Waals surface area contributed by atoms with Crippen molar-refractivity contribution < 1.29 is 14.0 Å². The maximum Gasteiger partial charge on any atom is 0.257 e. The van der Waals surface area contributed by atoms with E-state index in [1.165, 1.54) is 18.3 Å². The second-order valence-electron chi connectivity index (χ2n) is 8.48. The molecule has 0 radical (unpaired) electrons. The number of halogens is 1. The second-order valence-corrected chi connectivity index (χ2v) is 8.48. The number of nitrogens with two attached hydrogens (primary N) is 1. The molecule has 8 heteroatoms. The molecule has 1 aromatic heterocycles. The molecule has 1 aliphatic rings. The van der Waals surface area contributed by atoms with Gasteiger partial charge in [0.15, 0.2) is 0 Å². The Balaban J connectivity index is 1.14. The first-order valence-corrected chi connectivity index (χ1v) is 11.7. The fourth-order valence-electron chi connectivity index (χ4n) is 4.24. The van der Waals surface area contributed by atoms with E-state index in [1.807, 2.05) is 36.4 Å². The zero-order chi connectivity index (χ0) is 25.8. The summed E-state index contributed by atoms with van der Waals surface area (Å²) in [6.07, 6.45) is 3.07. The third kappa shape index (κ3) is 5.18. The molecular weight excluding hydrogens is 469 g/mol. The van der Waals surface area contributed by atoms with Crippen LogP contribution < -0.4 is 21.7 Å². The van der Waals surface area contributed by atoms with Gasteiger partial charge in [-0.1, -0.05) is 48.5 Å². The Hall–Kier alpha value is -4.98. The molecule has 2 amide bonds. The van der Waals surface area contributed by atoms with Gasteiger partial charge in [0.2, 0.25) is 5.91 Å². The Labute approximate surface area is 213 Å². The van der Waals surface area contributed by atoms with E-state index in [9.17, 15) is 14.0 Å². The number of amides is 2. The largest absolute Gasteiger partial charge is 0.397 e. The third-order valence-corrected chi connectivity index (χ3v) is 6.02. The van der Waals surface area contributed by atoms with Gasteiger partial charge >= 0.3 is 0 Å². The first-order valence-electron chi connectivity index (χ1n) is 11.7. The molecule has 7 nitrogen and oxygen atoms in total. The number of hydrogen-bond acceptors (Lipinski definition) is 5. The second kappa shape index (κ2) is 10.3. The van der Waals surface area contributed by atoms with Crippen LogP contribution in [-0.2, 0) is 4.79 Å². The normalized spacial score (nSPS) is 11.3. The van der Waals surface area contributed by atoms with Crippen LogP contribution >= 0.6 is 0 Å². The molecule has 0 bridgehead atoms. The number of nitrogens with one attached hydrogen (secondary N) is 3. The van der Waals surface area contributed by atoms with Crippen molar-refractivity contribution in [3.05, 3.63) is 114 Å². The number of fused-ring (bicyclic) bond motifs is 3. The minimum Gasteiger partial charge on any atom is -0.397 e. The highest BCUT2D eigenvalue weighted by molar-refractivity contribution is 6.08. The fraction of sp³-hybridized carbons (Fsp3) is 0.0690. The van der Waals surface area contributed by atoms with Gasteiger partial charge in [-0.25, -0.2) is 9.37 Å². The van der Waals surface area contributed by atoms with Gasteiger partial charge in [-0.05, 0) is 58.2 Å². The van der Waals surface area contributed by atoms with Crippen LogP contribution in [0.25, 0.3) is 16.7 Å². The maximum absolute atomic E-state index is 13.2. The lowest BCUT2D eigenvalue weighted by Crippen LogP contribution is -2.27. The molecule has 0 saturated heterocycles. The monoisotopic (exact) mass is 493 g/mol. The summed E-state index contributed by atoms with van der Waals surface area (Å²) in [5.41, 5.74) is 11.8. The minimum atomic E-state index is -0.477. The number of nitrogen functional groups attached to an aromatic ring is 1. The van der Waals surface area contributed by atoms with Gasteiger partial charge in [0.05, 0.1) is 16.9 Å². The Bertz CT molecular complexity index is 1470.